The highest BCUT2D eigenvalue weighted by Crippen LogP contribution is 2.36. The molecule has 1 aromatic carbocycles. The van der Waals surface area contributed by atoms with E-state index >= 15 is 0 Å². The van der Waals surface area contributed by atoms with Crippen LogP contribution in [0.3, 0.4) is 0 Å². The quantitative estimate of drug-likeness (QED) is 0.490. The second kappa shape index (κ2) is 9.21. The van der Waals surface area contributed by atoms with Gasteiger partial charge in [-0.15, -0.1) is 0 Å². The van der Waals surface area contributed by atoms with Crippen LogP contribution in [-0.2, 0) is 6.54 Å². The molecule has 3 N–H and O–H groups in total. The van der Waals surface area contributed by atoms with Crippen LogP contribution in [0.2, 0.25) is 0 Å². The van der Waals surface area contributed by atoms with E-state index in [1.54, 1.807) is 6.20 Å². The van der Waals surface area contributed by atoms with Crippen LogP contribution in [0.15, 0.2) is 41.3 Å². The first-order valence-electron chi connectivity index (χ1n) is 11.5. The van der Waals surface area contributed by atoms with Gasteiger partial charge in [0, 0.05) is 24.0 Å². The van der Waals surface area contributed by atoms with E-state index in [4.69, 9.17) is 5.10 Å². The number of amides is 1. The van der Waals surface area contributed by atoms with E-state index in [-0.39, 0.29) is 24.1 Å². The number of fused-ring (bicyclic) bond motifs is 1. The minimum Gasteiger partial charge on any atom is -0.465 e. The SMILES string of the molecule is CC(C)(C)N(Cc1ccc(Nc2nn(C3CCCCC3C#N)c3cc[nH]c(=O)c23)cc1)C(=O)O. The van der Waals surface area contributed by atoms with Gasteiger partial charge in [0.15, 0.2) is 5.82 Å². The number of nitrogens with zero attached hydrogens (tertiary/aromatic N) is 4. The fourth-order valence-electron chi connectivity index (χ4n) is 4.60. The van der Waals surface area contributed by atoms with Crippen molar-refractivity contribution in [3.8, 4) is 6.07 Å². The summed E-state index contributed by atoms with van der Waals surface area (Å²) in [7, 11) is 0. The largest absolute Gasteiger partial charge is 0.465 e. The Morgan fingerprint density at radius 3 is 2.62 bits per heavy atom. The van der Waals surface area contributed by atoms with Gasteiger partial charge >= 0.3 is 6.09 Å². The molecule has 178 valence electrons. The van der Waals surface area contributed by atoms with Gasteiger partial charge in [-0.25, -0.2) is 4.79 Å². The van der Waals surface area contributed by atoms with Crippen molar-refractivity contribution in [1.29, 1.82) is 5.26 Å². The fraction of sp³-hybridized carbons (Fsp3) is 0.440. The minimum atomic E-state index is -0.968. The minimum absolute atomic E-state index is 0.0691. The number of anilines is 2. The van der Waals surface area contributed by atoms with Crippen LogP contribution in [0.25, 0.3) is 10.9 Å². The van der Waals surface area contributed by atoms with Crippen molar-refractivity contribution in [3.63, 3.8) is 0 Å². The van der Waals surface area contributed by atoms with Gasteiger partial charge in [-0.05, 0) is 57.4 Å². The average molecular weight is 463 g/mol. The van der Waals surface area contributed by atoms with Gasteiger partial charge in [0.05, 0.1) is 23.5 Å². The summed E-state index contributed by atoms with van der Waals surface area (Å²) >= 11 is 0. The third-order valence-corrected chi connectivity index (χ3v) is 6.44. The zero-order valence-electron chi connectivity index (χ0n) is 19.7. The maximum atomic E-state index is 12.7. The van der Waals surface area contributed by atoms with Crippen LogP contribution in [0, 0.1) is 17.2 Å². The van der Waals surface area contributed by atoms with Gasteiger partial charge in [-0.2, -0.15) is 10.4 Å². The molecule has 0 aliphatic heterocycles. The first kappa shape index (κ1) is 23.4. The van der Waals surface area contributed by atoms with Gasteiger partial charge in [-0.1, -0.05) is 25.0 Å². The number of hydrogen-bond donors (Lipinski definition) is 3. The smallest absolute Gasteiger partial charge is 0.408 e. The molecule has 4 rings (SSSR count). The van der Waals surface area contributed by atoms with E-state index in [0.717, 1.165) is 36.9 Å². The summed E-state index contributed by atoms with van der Waals surface area (Å²) in [5, 5.41) is 27.6. The molecule has 1 fully saturated rings. The molecule has 0 spiro atoms. The molecule has 2 heterocycles. The molecule has 0 radical (unpaired) electrons. The van der Waals surface area contributed by atoms with Crippen LogP contribution < -0.4 is 10.9 Å². The lowest BCUT2D eigenvalue weighted by Gasteiger charge is -2.33. The number of carboxylic acid groups (broad SMARTS) is 1. The molecule has 34 heavy (non-hydrogen) atoms. The molecule has 3 aromatic rings. The second-order valence-corrected chi connectivity index (χ2v) is 9.81. The maximum absolute atomic E-state index is 12.7. The lowest BCUT2D eigenvalue weighted by atomic mass is 9.85. The predicted octanol–water partition coefficient (Wildman–Crippen LogP) is 5.00. The monoisotopic (exact) mass is 462 g/mol. The summed E-state index contributed by atoms with van der Waals surface area (Å²) in [6.07, 6.45) is 4.38. The Kier molecular flexibility index (Phi) is 6.33. The Morgan fingerprint density at radius 1 is 1.26 bits per heavy atom. The number of aromatic nitrogens is 3. The Labute approximate surface area is 198 Å². The van der Waals surface area contributed by atoms with E-state index in [2.05, 4.69) is 16.4 Å². The molecule has 1 aliphatic rings. The summed E-state index contributed by atoms with van der Waals surface area (Å²) in [5.74, 6) is 0.303. The predicted molar refractivity (Wildman–Crippen MR) is 130 cm³/mol. The number of nitrogens with one attached hydrogen (secondary N) is 2. The van der Waals surface area contributed by atoms with Crippen LogP contribution in [0.1, 0.15) is 58.1 Å². The van der Waals surface area contributed by atoms with Crippen molar-refractivity contribution in [1.82, 2.24) is 19.7 Å². The highest BCUT2D eigenvalue weighted by Gasteiger charge is 2.30. The maximum Gasteiger partial charge on any atom is 0.408 e. The second-order valence-electron chi connectivity index (χ2n) is 9.81. The van der Waals surface area contributed by atoms with Crippen LogP contribution in [0.4, 0.5) is 16.3 Å². The highest BCUT2D eigenvalue weighted by atomic mass is 16.4. The number of benzene rings is 1. The molecule has 0 bridgehead atoms. The van der Waals surface area contributed by atoms with Crippen molar-refractivity contribution in [3.05, 3.63) is 52.4 Å². The lowest BCUT2D eigenvalue weighted by molar-refractivity contribution is 0.0955. The summed E-state index contributed by atoms with van der Waals surface area (Å²) in [4.78, 5) is 28.4. The number of aromatic amines is 1. The summed E-state index contributed by atoms with van der Waals surface area (Å²) in [6, 6.07) is 11.6. The molecular formula is C25H30N6O3. The number of pyridine rings is 1. The summed E-state index contributed by atoms with van der Waals surface area (Å²) in [5.41, 5.74) is 1.54. The third-order valence-electron chi connectivity index (χ3n) is 6.44. The van der Waals surface area contributed by atoms with Crippen molar-refractivity contribution in [2.75, 3.05) is 5.32 Å². The molecular weight excluding hydrogens is 432 g/mol. The van der Waals surface area contributed by atoms with E-state index in [1.807, 2.05) is 55.8 Å². The third kappa shape index (κ3) is 4.62. The van der Waals surface area contributed by atoms with E-state index in [0.29, 0.717) is 16.7 Å². The number of hydrogen-bond acceptors (Lipinski definition) is 5. The first-order valence-corrected chi connectivity index (χ1v) is 11.5. The molecule has 9 heteroatoms. The van der Waals surface area contributed by atoms with Crippen molar-refractivity contribution in [2.45, 2.75) is 64.6 Å². The van der Waals surface area contributed by atoms with Gasteiger partial charge in [0.25, 0.3) is 5.56 Å². The molecule has 1 amide bonds. The van der Waals surface area contributed by atoms with Crippen LogP contribution in [-0.4, -0.2) is 36.4 Å². The topological polar surface area (TPSA) is 127 Å². The van der Waals surface area contributed by atoms with E-state index in [1.165, 1.54) is 4.90 Å². The van der Waals surface area contributed by atoms with Crippen molar-refractivity contribution < 1.29 is 9.90 Å². The lowest BCUT2D eigenvalue weighted by Crippen LogP contribution is -2.44. The average Bonchev–Trinajstić information content (AvgIpc) is 3.16. The molecule has 1 saturated carbocycles. The van der Waals surface area contributed by atoms with Crippen molar-refractivity contribution >= 4 is 28.5 Å². The normalized spacial score (nSPS) is 18.4. The van der Waals surface area contributed by atoms with Crippen LogP contribution >= 0.6 is 0 Å². The Bertz CT molecular complexity index is 1280. The Balaban J connectivity index is 1.63. The summed E-state index contributed by atoms with van der Waals surface area (Å²) in [6.45, 7) is 5.85. The van der Waals surface area contributed by atoms with Gasteiger partial charge in [-0.3, -0.25) is 14.4 Å². The molecule has 9 nitrogen and oxygen atoms in total. The number of H-pyrrole nitrogens is 1. The first-order chi connectivity index (χ1) is 16.2. The molecule has 1 aliphatic carbocycles. The molecule has 2 atom stereocenters. The Hall–Kier alpha value is -3.80. The Morgan fingerprint density at radius 2 is 1.97 bits per heavy atom. The van der Waals surface area contributed by atoms with Gasteiger partial charge in [0.2, 0.25) is 0 Å². The van der Waals surface area contributed by atoms with Gasteiger partial charge < -0.3 is 15.4 Å². The fourth-order valence-corrected chi connectivity index (χ4v) is 4.60. The zero-order chi connectivity index (χ0) is 24.5. The molecule has 2 aromatic heterocycles. The molecule has 2 unspecified atom stereocenters. The van der Waals surface area contributed by atoms with Crippen LogP contribution in [0.5, 0.6) is 0 Å². The number of nitriles is 1. The molecule has 0 saturated heterocycles. The zero-order valence-corrected chi connectivity index (χ0v) is 19.7. The highest BCUT2D eigenvalue weighted by molar-refractivity contribution is 5.91. The van der Waals surface area contributed by atoms with E-state index in [9.17, 15) is 20.0 Å². The van der Waals surface area contributed by atoms with Crippen molar-refractivity contribution in [2.24, 2.45) is 5.92 Å². The number of carbonyl (C=O) groups is 1. The van der Waals surface area contributed by atoms with Gasteiger partial charge in [0.1, 0.15) is 5.39 Å². The number of rotatable bonds is 5. The van der Waals surface area contributed by atoms with E-state index < -0.39 is 11.6 Å². The standard InChI is InChI=1S/C25H30N6O3/c1-25(2,3)30(24(33)34)15-16-8-10-18(11-9-16)28-22-21-20(12-13-27-23(21)32)31(29-22)19-7-5-4-6-17(19)14-26/h8-13,17,19H,4-7,15H2,1-3H3,(H,27,32)(H,28,29)(H,33,34). The summed E-state index contributed by atoms with van der Waals surface area (Å²) < 4.78 is 1.84.